The Bertz CT molecular complexity index is 854. The van der Waals surface area contributed by atoms with E-state index in [4.69, 9.17) is 0 Å². The first-order chi connectivity index (χ1) is 14.9. The van der Waals surface area contributed by atoms with Crippen molar-refractivity contribution in [2.75, 3.05) is 0 Å². The van der Waals surface area contributed by atoms with Crippen LogP contribution in [0, 0.1) is 17.8 Å². The molecule has 4 unspecified atom stereocenters. The summed E-state index contributed by atoms with van der Waals surface area (Å²) in [7, 11) is 0. The molecule has 2 saturated carbocycles. The smallest absolute Gasteiger partial charge is 0.406 e. The molecule has 0 amide bonds. The lowest BCUT2D eigenvalue weighted by Gasteiger charge is -2.42. The third kappa shape index (κ3) is 5.72. The largest absolute Gasteiger partial charge is 0.573 e. The average Bonchev–Trinajstić information content (AvgIpc) is 2.77. The molecule has 0 saturated heterocycles. The molecule has 2 aliphatic carbocycles. The van der Waals surface area contributed by atoms with E-state index in [-0.39, 0.29) is 5.75 Å². The van der Waals surface area contributed by atoms with E-state index in [1.54, 1.807) is 12.1 Å². The highest BCUT2D eigenvalue weighted by Gasteiger charge is 2.35. The second-order valence-corrected chi connectivity index (χ2v) is 9.27. The SMILES string of the molecule is C=CCCC1CCC2CC(c3ccc(-c4ccc(OC(F)(F)F)cc4)cc3)CCC2C1. The third-order valence-electron chi connectivity index (χ3n) is 7.30. The average molecular weight is 429 g/mol. The highest BCUT2D eigenvalue weighted by Crippen LogP contribution is 2.48. The number of hydrogen-bond donors (Lipinski definition) is 0. The Balaban J connectivity index is 1.35. The molecule has 0 radical (unpaired) electrons. The van der Waals surface area contributed by atoms with Gasteiger partial charge in [0.2, 0.25) is 0 Å². The molecule has 31 heavy (non-hydrogen) atoms. The van der Waals surface area contributed by atoms with Crippen LogP contribution in [0.4, 0.5) is 13.2 Å². The number of rotatable bonds is 6. The standard InChI is InChI=1S/C27H31F3O/c1-2-3-4-19-5-6-25-18-24(12-11-23(25)17-19)22-9-7-20(8-10-22)21-13-15-26(16-14-21)31-27(28,29)30/h2,7-10,13-16,19,23-25H,1,3-6,11-12,17-18H2. The topological polar surface area (TPSA) is 9.23 Å². The van der Waals surface area contributed by atoms with Gasteiger partial charge < -0.3 is 4.74 Å². The summed E-state index contributed by atoms with van der Waals surface area (Å²) in [4.78, 5) is 0. The Hall–Kier alpha value is -2.23. The van der Waals surface area contributed by atoms with E-state index in [0.717, 1.165) is 35.3 Å². The van der Waals surface area contributed by atoms with Gasteiger partial charge in [0.15, 0.2) is 0 Å². The Morgan fingerprint density at radius 2 is 1.45 bits per heavy atom. The number of ether oxygens (including phenoxy) is 1. The van der Waals surface area contributed by atoms with Gasteiger partial charge in [-0.25, -0.2) is 0 Å². The molecule has 4 atom stereocenters. The van der Waals surface area contributed by atoms with E-state index in [1.165, 1.54) is 62.6 Å². The van der Waals surface area contributed by atoms with Gasteiger partial charge in [-0.2, -0.15) is 0 Å². The monoisotopic (exact) mass is 428 g/mol. The molecule has 0 aliphatic heterocycles. The number of benzene rings is 2. The zero-order valence-corrected chi connectivity index (χ0v) is 17.9. The summed E-state index contributed by atoms with van der Waals surface area (Å²) in [6.07, 6.45) is 7.88. The van der Waals surface area contributed by atoms with Gasteiger partial charge in [-0.15, -0.1) is 19.8 Å². The van der Waals surface area contributed by atoms with Crippen LogP contribution in [0.5, 0.6) is 5.75 Å². The van der Waals surface area contributed by atoms with E-state index in [2.05, 4.69) is 41.7 Å². The van der Waals surface area contributed by atoms with E-state index in [1.807, 2.05) is 0 Å². The van der Waals surface area contributed by atoms with Gasteiger partial charge in [-0.1, -0.05) is 48.9 Å². The van der Waals surface area contributed by atoms with Crippen molar-refractivity contribution in [3.05, 3.63) is 66.7 Å². The molecule has 166 valence electrons. The van der Waals surface area contributed by atoms with Crippen LogP contribution >= 0.6 is 0 Å². The molecule has 1 nitrogen and oxygen atoms in total. The summed E-state index contributed by atoms with van der Waals surface area (Å²) in [6.45, 7) is 3.87. The van der Waals surface area contributed by atoms with Crippen LogP contribution < -0.4 is 4.74 Å². The number of allylic oxidation sites excluding steroid dienone is 1. The second kappa shape index (κ2) is 9.50. The van der Waals surface area contributed by atoms with E-state index < -0.39 is 6.36 Å². The maximum Gasteiger partial charge on any atom is 0.573 e. The van der Waals surface area contributed by atoms with Crippen molar-refractivity contribution in [2.24, 2.45) is 17.8 Å². The minimum Gasteiger partial charge on any atom is -0.406 e. The van der Waals surface area contributed by atoms with Crippen LogP contribution in [-0.4, -0.2) is 6.36 Å². The van der Waals surface area contributed by atoms with Crippen LogP contribution in [0.3, 0.4) is 0 Å². The maximum atomic E-state index is 12.3. The normalized spacial score (nSPS) is 26.2. The Morgan fingerprint density at radius 3 is 2.10 bits per heavy atom. The summed E-state index contributed by atoms with van der Waals surface area (Å²) in [5, 5.41) is 0. The second-order valence-electron chi connectivity index (χ2n) is 9.27. The van der Waals surface area contributed by atoms with Gasteiger partial charge in [0.05, 0.1) is 0 Å². The summed E-state index contributed by atoms with van der Waals surface area (Å²) < 4.78 is 41.0. The zero-order chi connectivity index (χ0) is 21.8. The lowest BCUT2D eigenvalue weighted by Crippen LogP contribution is -2.30. The molecule has 4 rings (SSSR count). The van der Waals surface area contributed by atoms with E-state index in [0.29, 0.717) is 5.92 Å². The highest BCUT2D eigenvalue weighted by molar-refractivity contribution is 5.64. The fraction of sp³-hybridized carbons (Fsp3) is 0.481. The molecule has 0 aromatic heterocycles. The van der Waals surface area contributed by atoms with E-state index >= 15 is 0 Å². The Kier molecular flexibility index (Phi) is 6.74. The fourth-order valence-electron chi connectivity index (χ4n) is 5.70. The van der Waals surface area contributed by atoms with Crippen LogP contribution in [0.1, 0.15) is 62.8 Å². The van der Waals surface area contributed by atoms with Crippen molar-refractivity contribution < 1.29 is 17.9 Å². The fourth-order valence-corrected chi connectivity index (χ4v) is 5.70. The zero-order valence-electron chi connectivity index (χ0n) is 17.9. The van der Waals surface area contributed by atoms with Gasteiger partial charge in [-0.05, 0) is 97.4 Å². The minimum absolute atomic E-state index is 0.191. The first kappa shape index (κ1) is 22.0. The Labute approximate surface area is 183 Å². The number of alkyl halides is 3. The number of fused-ring (bicyclic) bond motifs is 1. The molecular formula is C27H31F3O. The predicted octanol–water partition coefficient (Wildman–Crippen LogP) is 8.52. The summed E-state index contributed by atoms with van der Waals surface area (Å²) in [6, 6.07) is 14.7. The van der Waals surface area contributed by atoms with Crippen LogP contribution in [0.25, 0.3) is 11.1 Å². The van der Waals surface area contributed by atoms with Gasteiger partial charge in [0.25, 0.3) is 0 Å². The molecule has 2 aromatic carbocycles. The highest BCUT2D eigenvalue weighted by atomic mass is 19.4. The molecule has 0 heterocycles. The molecular weight excluding hydrogens is 397 g/mol. The van der Waals surface area contributed by atoms with Crippen molar-refractivity contribution >= 4 is 0 Å². The van der Waals surface area contributed by atoms with Crippen LogP contribution in [0.2, 0.25) is 0 Å². The lowest BCUT2D eigenvalue weighted by atomic mass is 9.63. The molecule has 2 fully saturated rings. The van der Waals surface area contributed by atoms with Crippen LogP contribution in [-0.2, 0) is 0 Å². The molecule has 0 N–H and O–H groups in total. The molecule has 4 heteroatoms. The quantitative estimate of drug-likeness (QED) is 0.419. The van der Waals surface area contributed by atoms with Crippen LogP contribution in [0.15, 0.2) is 61.2 Å². The summed E-state index contributed by atoms with van der Waals surface area (Å²) >= 11 is 0. The van der Waals surface area contributed by atoms with Crippen molar-refractivity contribution in [1.29, 1.82) is 0 Å². The Morgan fingerprint density at radius 1 is 0.839 bits per heavy atom. The first-order valence-corrected chi connectivity index (χ1v) is 11.5. The van der Waals surface area contributed by atoms with Crippen molar-refractivity contribution in [1.82, 2.24) is 0 Å². The number of hydrogen-bond acceptors (Lipinski definition) is 1. The lowest BCUT2D eigenvalue weighted by molar-refractivity contribution is -0.274. The van der Waals surface area contributed by atoms with Crippen molar-refractivity contribution in [3.63, 3.8) is 0 Å². The third-order valence-corrected chi connectivity index (χ3v) is 7.30. The summed E-state index contributed by atoms with van der Waals surface area (Å²) in [5.41, 5.74) is 3.30. The van der Waals surface area contributed by atoms with Gasteiger partial charge >= 0.3 is 6.36 Å². The van der Waals surface area contributed by atoms with E-state index in [9.17, 15) is 13.2 Å². The first-order valence-electron chi connectivity index (χ1n) is 11.5. The minimum atomic E-state index is -4.66. The van der Waals surface area contributed by atoms with Gasteiger partial charge in [0, 0.05) is 0 Å². The summed E-state index contributed by atoms with van der Waals surface area (Å²) in [5.74, 6) is 3.09. The van der Waals surface area contributed by atoms with Gasteiger partial charge in [-0.3, -0.25) is 0 Å². The predicted molar refractivity (Wildman–Crippen MR) is 119 cm³/mol. The molecule has 0 spiro atoms. The maximum absolute atomic E-state index is 12.3. The molecule has 2 aromatic rings. The molecule has 0 bridgehead atoms. The van der Waals surface area contributed by atoms with Crippen molar-refractivity contribution in [3.8, 4) is 16.9 Å². The van der Waals surface area contributed by atoms with Gasteiger partial charge in [0.1, 0.15) is 5.75 Å². The number of halogens is 3. The molecule has 2 aliphatic rings. The van der Waals surface area contributed by atoms with Crippen molar-refractivity contribution in [2.45, 2.75) is 63.6 Å².